The van der Waals surface area contributed by atoms with E-state index in [2.05, 4.69) is 39.7 Å². The van der Waals surface area contributed by atoms with E-state index in [1.807, 2.05) is 12.1 Å². The zero-order valence-electron chi connectivity index (χ0n) is 23.6. The van der Waals surface area contributed by atoms with Crippen molar-refractivity contribution in [2.45, 2.75) is 64.5 Å². The van der Waals surface area contributed by atoms with Gasteiger partial charge in [0.2, 0.25) is 5.91 Å². The molecule has 2 saturated carbocycles. The summed E-state index contributed by atoms with van der Waals surface area (Å²) in [5.74, 6) is -0.203. The van der Waals surface area contributed by atoms with E-state index in [0.717, 1.165) is 35.1 Å². The third kappa shape index (κ3) is 6.58. The number of pyridine rings is 1. The predicted octanol–water partition coefficient (Wildman–Crippen LogP) is 7.81. The maximum Gasteiger partial charge on any atom is 0.394 e. The molecule has 1 heterocycles. The first-order chi connectivity index (χ1) is 19.8. The van der Waals surface area contributed by atoms with Crippen LogP contribution < -0.4 is 16.0 Å². The molecule has 2 fully saturated rings. The number of amides is 3. The van der Waals surface area contributed by atoms with Crippen molar-refractivity contribution in [3.63, 3.8) is 0 Å². The van der Waals surface area contributed by atoms with Crippen molar-refractivity contribution in [3.8, 4) is 0 Å². The highest BCUT2D eigenvalue weighted by Crippen LogP contribution is 2.59. The maximum absolute atomic E-state index is 15.0. The second-order valence-electron chi connectivity index (χ2n) is 11.6. The van der Waals surface area contributed by atoms with Crippen LogP contribution in [-0.4, -0.2) is 29.6 Å². The summed E-state index contributed by atoms with van der Waals surface area (Å²) in [7, 11) is 0. The van der Waals surface area contributed by atoms with E-state index < -0.39 is 23.4 Å². The largest absolute Gasteiger partial charge is 0.394 e. The van der Waals surface area contributed by atoms with E-state index in [1.165, 1.54) is 18.6 Å². The molecular weight excluding hydrogens is 548 g/mol. The number of aromatic nitrogens is 1. The Balaban J connectivity index is 1.41. The molecule has 42 heavy (non-hydrogen) atoms. The van der Waals surface area contributed by atoms with Gasteiger partial charge in [0.1, 0.15) is 11.6 Å². The van der Waals surface area contributed by atoms with Gasteiger partial charge in [0.15, 0.2) is 0 Å². The van der Waals surface area contributed by atoms with Gasteiger partial charge in [-0.2, -0.15) is 13.2 Å². The van der Waals surface area contributed by atoms with Gasteiger partial charge in [-0.05, 0) is 97.9 Å². The number of allylic oxidation sites excluding steroid dienone is 5. The molecule has 6 nitrogen and oxygen atoms in total. The van der Waals surface area contributed by atoms with Gasteiger partial charge in [-0.25, -0.2) is 14.2 Å². The molecule has 0 saturated heterocycles. The molecule has 3 aliphatic rings. The third-order valence-corrected chi connectivity index (χ3v) is 8.32. The average Bonchev–Trinajstić information content (AvgIpc) is 3.80. The van der Waals surface area contributed by atoms with Crippen molar-refractivity contribution in [2.24, 2.45) is 11.3 Å². The predicted molar refractivity (Wildman–Crippen MR) is 154 cm³/mol. The number of benzene rings is 1. The van der Waals surface area contributed by atoms with Crippen LogP contribution in [0.2, 0.25) is 0 Å². The Bertz CT molecular complexity index is 1490. The zero-order chi connectivity index (χ0) is 30.2. The summed E-state index contributed by atoms with van der Waals surface area (Å²) >= 11 is 0. The van der Waals surface area contributed by atoms with Gasteiger partial charge >= 0.3 is 12.2 Å². The number of carbonyl (C=O) groups excluding carboxylic acids is 2. The van der Waals surface area contributed by atoms with Crippen molar-refractivity contribution in [2.75, 3.05) is 17.2 Å². The summed E-state index contributed by atoms with van der Waals surface area (Å²) in [6.07, 6.45) is 4.28. The van der Waals surface area contributed by atoms with Crippen LogP contribution in [0, 0.1) is 24.1 Å². The number of hydrogen-bond acceptors (Lipinski definition) is 3. The van der Waals surface area contributed by atoms with E-state index in [1.54, 1.807) is 19.2 Å². The van der Waals surface area contributed by atoms with E-state index in [4.69, 9.17) is 0 Å². The fourth-order valence-corrected chi connectivity index (χ4v) is 5.56. The van der Waals surface area contributed by atoms with Crippen LogP contribution in [0.15, 0.2) is 60.3 Å². The Kier molecular flexibility index (Phi) is 8.00. The summed E-state index contributed by atoms with van der Waals surface area (Å²) in [6.45, 7) is 7.42. The first kappa shape index (κ1) is 29.5. The summed E-state index contributed by atoms with van der Waals surface area (Å²) in [5, 5.41) is 7.64. The number of nitrogens with one attached hydrogen (secondary N) is 3. The first-order valence-corrected chi connectivity index (χ1v) is 14.1. The first-order valence-electron chi connectivity index (χ1n) is 14.1. The normalized spacial score (nSPS) is 19.8. The minimum absolute atomic E-state index is 0.0582. The van der Waals surface area contributed by atoms with Gasteiger partial charge in [-0.3, -0.25) is 4.79 Å². The van der Waals surface area contributed by atoms with Crippen LogP contribution in [0.1, 0.15) is 68.1 Å². The molecule has 10 heteroatoms. The smallest absolute Gasteiger partial charge is 0.338 e. The van der Waals surface area contributed by atoms with Gasteiger partial charge in [-0.15, -0.1) is 0 Å². The van der Waals surface area contributed by atoms with E-state index in [0.29, 0.717) is 23.7 Å². The molecule has 0 spiro atoms. The maximum atomic E-state index is 15.0. The molecule has 1 atom stereocenters. The molecule has 0 aliphatic heterocycles. The SMILES string of the molecule is C=C1CC(C2CC2)=CC(c2cc(NC(=O)NCCC3(C(F)(F)F)CC3)c(F)cc2C)=CC1c1ccnc(NC(C)=O)c1. The molecule has 2 aromatic rings. The number of nitrogens with zero attached hydrogens (tertiary/aromatic N) is 1. The fraction of sp³-hybridized carbons (Fsp3) is 0.406. The Hall–Kier alpha value is -3.95. The summed E-state index contributed by atoms with van der Waals surface area (Å²) in [6, 6.07) is 5.83. The van der Waals surface area contributed by atoms with E-state index >= 15 is 4.39 Å². The number of alkyl halides is 3. The minimum atomic E-state index is -4.30. The van der Waals surface area contributed by atoms with Crippen molar-refractivity contribution in [1.29, 1.82) is 0 Å². The second-order valence-corrected chi connectivity index (χ2v) is 11.6. The highest BCUT2D eigenvalue weighted by atomic mass is 19.4. The van der Waals surface area contributed by atoms with E-state index in [9.17, 15) is 22.8 Å². The summed E-state index contributed by atoms with van der Waals surface area (Å²) in [5.41, 5.74) is 3.55. The molecule has 3 aliphatic carbocycles. The zero-order valence-corrected chi connectivity index (χ0v) is 23.6. The number of hydrogen-bond donors (Lipinski definition) is 3. The van der Waals surface area contributed by atoms with Crippen molar-refractivity contribution in [3.05, 3.63) is 82.8 Å². The lowest BCUT2D eigenvalue weighted by Crippen LogP contribution is -2.34. The Morgan fingerprint density at radius 3 is 2.52 bits per heavy atom. The molecule has 0 radical (unpaired) electrons. The molecular formula is C32H34F4N4O2. The highest BCUT2D eigenvalue weighted by molar-refractivity contribution is 5.91. The number of carbonyl (C=O) groups is 2. The highest BCUT2D eigenvalue weighted by Gasteiger charge is 2.62. The van der Waals surface area contributed by atoms with Gasteiger partial charge < -0.3 is 16.0 Å². The Morgan fingerprint density at radius 1 is 1.14 bits per heavy atom. The van der Waals surface area contributed by atoms with Crippen LogP contribution in [0.5, 0.6) is 0 Å². The quantitative estimate of drug-likeness (QED) is 0.219. The van der Waals surface area contributed by atoms with Crippen molar-refractivity contribution < 1.29 is 27.2 Å². The van der Waals surface area contributed by atoms with Gasteiger partial charge in [0, 0.05) is 25.6 Å². The summed E-state index contributed by atoms with van der Waals surface area (Å²) < 4.78 is 54.6. The number of anilines is 2. The lowest BCUT2D eigenvalue weighted by Gasteiger charge is -2.19. The molecule has 3 N–H and O–H groups in total. The lowest BCUT2D eigenvalue weighted by molar-refractivity contribution is -0.188. The Labute approximate surface area is 242 Å². The van der Waals surface area contributed by atoms with Crippen LogP contribution in [0.25, 0.3) is 5.57 Å². The summed E-state index contributed by atoms with van der Waals surface area (Å²) in [4.78, 5) is 28.4. The monoisotopic (exact) mass is 582 g/mol. The molecule has 222 valence electrons. The van der Waals surface area contributed by atoms with E-state index in [-0.39, 0.29) is 43.3 Å². The van der Waals surface area contributed by atoms with Crippen molar-refractivity contribution >= 4 is 29.0 Å². The molecule has 5 rings (SSSR count). The van der Waals surface area contributed by atoms with Gasteiger partial charge in [0.05, 0.1) is 11.1 Å². The molecule has 3 amide bonds. The standard InChI is InChI=1S/C32H34F4N4O2/c1-18-12-23(21-4-5-21)14-24(15-25(18)22-6-10-37-29(16-22)39-20(3)41)26-17-28(27(33)13-19(26)2)40-30(42)38-11-9-31(7-8-31)32(34,35)36/h6,10,13-17,21,25H,1,4-5,7-9,11-12H2,2-3H3,(H,37,39,41)(H2,38,40,42). The number of halogens is 4. The van der Waals surface area contributed by atoms with Crippen LogP contribution in [0.4, 0.5) is 33.9 Å². The topological polar surface area (TPSA) is 83.1 Å². The van der Waals surface area contributed by atoms with Gasteiger partial charge in [0.25, 0.3) is 0 Å². The number of urea groups is 1. The molecule has 1 unspecified atom stereocenters. The van der Waals surface area contributed by atoms with Crippen LogP contribution >= 0.6 is 0 Å². The van der Waals surface area contributed by atoms with Crippen molar-refractivity contribution in [1.82, 2.24) is 10.3 Å². The van der Waals surface area contributed by atoms with Crippen LogP contribution in [0.3, 0.4) is 0 Å². The third-order valence-electron chi connectivity index (χ3n) is 8.32. The fourth-order valence-electron chi connectivity index (χ4n) is 5.56. The molecule has 1 aromatic carbocycles. The lowest BCUT2D eigenvalue weighted by atomic mass is 9.88. The minimum Gasteiger partial charge on any atom is -0.338 e. The number of aryl methyl sites for hydroxylation is 1. The second kappa shape index (κ2) is 11.4. The molecule has 1 aromatic heterocycles. The molecule has 0 bridgehead atoms. The van der Waals surface area contributed by atoms with Gasteiger partial charge in [-0.1, -0.05) is 29.9 Å². The van der Waals surface area contributed by atoms with Crippen LogP contribution in [-0.2, 0) is 4.79 Å². The Morgan fingerprint density at radius 2 is 1.88 bits per heavy atom. The average molecular weight is 583 g/mol. The number of rotatable bonds is 8.